The number of carbonyl (C=O) groups is 1. The number of carbonyl (C=O) groups excluding carboxylic acids is 1. The number of thiophene rings is 1. The molecule has 0 bridgehead atoms. The Morgan fingerprint density at radius 1 is 1.37 bits per heavy atom. The van der Waals surface area contributed by atoms with Crippen LogP contribution in [0.4, 0.5) is 0 Å². The normalized spacial score (nSPS) is 10.1. The lowest BCUT2D eigenvalue weighted by Crippen LogP contribution is -2.30. The van der Waals surface area contributed by atoms with E-state index in [-0.39, 0.29) is 48.5 Å². The molecular weight excluding hydrogens is 371 g/mol. The van der Waals surface area contributed by atoms with Gasteiger partial charge < -0.3 is 5.32 Å². The van der Waals surface area contributed by atoms with E-state index < -0.39 is 5.91 Å². The molecule has 1 aromatic heterocycles. The Kier molecular flexibility index (Phi) is 6.89. The second-order valence-corrected chi connectivity index (χ2v) is 6.93. The van der Waals surface area contributed by atoms with Crippen LogP contribution in [-0.2, 0) is 11.3 Å². The summed E-state index contributed by atoms with van der Waals surface area (Å²) < 4.78 is 10.6. The first-order chi connectivity index (χ1) is 8.86. The number of thiocarbonyl (C=S) groups is 1. The van der Waals surface area contributed by atoms with E-state index in [4.69, 9.17) is 52.8 Å². The van der Waals surface area contributed by atoms with Crippen LogP contribution >= 0.6 is 58.4 Å². The van der Waals surface area contributed by atoms with Gasteiger partial charge in [0.15, 0.2) is 0 Å². The quantitative estimate of drug-likeness (QED) is 0.773. The van der Waals surface area contributed by atoms with Crippen LogP contribution in [0.25, 0.3) is 0 Å². The van der Waals surface area contributed by atoms with Gasteiger partial charge in [0.25, 0.3) is 5.91 Å². The molecule has 0 fully saturated rings. The van der Waals surface area contributed by atoms with Crippen molar-refractivity contribution in [1.29, 1.82) is 0 Å². The van der Waals surface area contributed by atoms with Crippen molar-refractivity contribution in [2.45, 2.75) is 6.42 Å². The minimum Gasteiger partial charge on any atom is -0.347 e. The maximum Gasteiger partial charge on any atom is 0.263 e. The molecule has 10 heteroatoms. The largest absolute Gasteiger partial charge is 0.347 e. The first-order valence-electron chi connectivity index (χ1n) is 4.71. The molecule has 0 aliphatic heterocycles. The van der Waals surface area contributed by atoms with Gasteiger partial charge in [0.1, 0.15) is 20.5 Å². The van der Waals surface area contributed by atoms with Crippen molar-refractivity contribution in [3.63, 3.8) is 0 Å². The van der Waals surface area contributed by atoms with Gasteiger partial charge in [0, 0.05) is 17.8 Å². The summed E-state index contributed by atoms with van der Waals surface area (Å²) in [6, 6.07) is 0. The molecule has 0 unspecified atom stereocenters. The van der Waals surface area contributed by atoms with Crippen LogP contribution in [0.3, 0.4) is 0 Å². The molecule has 104 valence electrons. The zero-order valence-corrected chi connectivity index (χ0v) is 13.9. The van der Waals surface area contributed by atoms with Crippen molar-refractivity contribution in [1.82, 2.24) is 5.32 Å². The van der Waals surface area contributed by atoms with Crippen molar-refractivity contribution in [2.24, 2.45) is 5.73 Å². The monoisotopic (exact) mass is 376 g/mol. The highest BCUT2D eigenvalue weighted by atomic mass is 35.5. The van der Waals surface area contributed by atoms with Crippen LogP contribution in [0.1, 0.15) is 16.1 Å². The number of rotatable bonds is 5. The summed E-state index contributed by atoms with van der Waals surface area (Å²) in [4.78, 5) is 12.6. The Bertz CT molecular complexity index is 582. The summed E-state index contributed by atoms with van der Waals surface area (Å²) in [5, 5.41) is 2.82. The van der Waals surface area contributed by atoms with E-state index in [0.717, 1.165) is 11.3 Å². The van der Waals surface area contributed by atoms with Crippen LogP contribution in [0.2, 0.25) is 14.4 Å². The second-order valence-electron chi connectivity index (χ2n) is 3.28. The van der Waals surface area contributed by atoms with Gasteiger partial charge in [-0.05, 0) is 0 Å². The Morgan fingerprint density at radius 3 is 2.47 bits per heavy atom. The Morgan fingerprint density at radius 2 is 2.00 bits per heavy atom. The molecule has 0 atom stereocenters. The van der Waals surface area contributed by atoms with Gasteiger partial charge in [0.05, 0.1) is 15.0 Å². The van der Waals surface area contributed by atoms with E-state index in [1.165, 1.54) is 0 Å². The number of nitrogens with two attached hydrogens (primary N) is 1. The van der Waals surface area contributed by atoms with E-state index in [2.05, 4.69) is 5.32 Å². The summed E-state index contributed by atoms with van der Waals surface area (Å²) in [6.07, 6.45) is 0.170. The number of amides is 1. The van der Waals surface area contributed by atoms with Crippen molar-refractivity contribution in [3.05, 3.63) is 19.3 Å². The summed E-state index contributed by atoms with van der Waals surface area (Å²) >= 11 is 23.5. The summed E-state index contributed by atoms with van der Waals surface area (Å²) in [7, 11) is 0. The first-order valence-corrected chi connectivity index (χ1v) is 7.81. The van der Waals surface area contributed by atoms with E-state index >= 15 is 0 Å². The maximum atomic E-state index is 11.8. The minimum absolute atomic E-state index is 0.110. The van der Waals surface area contributed by atoms with Gasteiger partial charge in [-0.25, -0.2) is 4.21 Å². The summed E-state index contributed by atoms with van der Waals surface area (Å²) in [6.45, 7) is 0.110. The molecule has 4 nitrogen and oxygen atoms in total. The van der Waals surface area contributed by atoms with Crippen molar-refractivity contribution in [2.75, 3.05) is 6.54 Å². The average Bonchev–Trinajstić information content (AvgIpc) is 2.63. The topological polar surface area (TPSA) is 72.2 Å². The molecule has 0 aliphatic rings. The fourth-order valence-corrected chi connectivity index (χ4v) is 3.33. The lowest BCUT2D eigenvalue weighted by Gasteiger charge is -2.04. The summed E-state index contributed by atoms with van der Waals surface area (Å²) in [5.41, 5.74) is 5.35. The smallest absolute Gasteiger partial charge is 0.263 e. The molecular formula is C9H7Cl3N2O2S3. The molecule has 1 aromatic rings. The molecule has 0 saturated heterocycles. The maximum absolute atomic E-state index is 11.8. The molecule has 0 spiro atoms. The van der Waals surface area contributed by atoms with E-state index in [1.54, 1.807) is 0 Å². The van der Waals surface area contributed by atoms with E-state index in [9.17, 15) is 9.00 Å². The Labute approximate surface area is 137 Å². The van der Waals surface area contributed by atoms with E-state index in [0.29, 0.717) is 4.86 Å². The van der Waals surface area contributed by atoms with Crippen LogP contribution in [-0.4, -0.2) is 26.5 Å². The molecule has 1 amide bonds. The predicted molar refractivity (Wildman–Crippen MR) is 86.2 cm³/mol. The SMILES string of the molecule is NC(CC(=S)CNC(=O)c1sc(Cl)c(Cl)c1Cl)=S=O. The second kappa shape index (κ2) is 7.68. The average molecular weight is 378 g/mol. The molecule has 0 saturated carbocycles. The summed E-state index contributed by atoms with van der Waals surface area (Å²) in [5.74, 6) is -0.431. The van der Waals surface area contributed by atoms with Crippen LogP contribution in [0.5, 0.6) is 0 Å². The van der Waals surface area contributed by atoms with Gasteiger partial charge in [0.2, 0.25) is 0 Å². The lowest BCUT2D eigenvalue weighted by atomic mass is 10.3. The Hall–Kier alpha value is -0.0200. The van der Waals surface area contributed by atoms with Gasteiger partial charge in [-0.2, -0.15) is 0 Å². The van der Waals surface area contributed by atoms with Crippen LogP contribution < -0.4 is 11.1 Å². The molecule has 0 radical (unpaired) electrons. The number of nitrogens with one attached hydrogen (secondary N) is 1. The zero-order chi connectivity index (χ0) is 14.6. The number of hydrogen-bond donors (Lipinski definition) is 2. The lowest BCUT2D eigenvalue weighted by molar-refractivity contribution is 0.0963. The van der Waals surface area contributed by atoms with Gasteiger partial charge in [-0.3, -0.25) is 10.5 Å². The molecule has 1 heterocycles. The fourth-order valence-electron chi connectivity index (χ4n) is 1.06. The standard InChI is InChI=1S/C9H7Cl3N2O2S3/c10-5-6(11)8(12)18-7(5)9(15)14-2-3(17)1-4(13)19-16/h1-2,13H2,(H,14,15). The van der Waals surface area contributed by atoms with Crippen LogP contribution in [0.15, 0.2) is 0 Å². The highest BCUT2D eigenvalue weighted by Crippen LogP contribution is 2.40. The minimum atomic E-state index is -0.431. The van der Waals surface area contributed by atoms with Crippen LogP contribution in [0, 0.1) is 0 Å². The fraction of sp³-hybridized carbons (Fsp3) is 0.222. The zero-order valence-electron chi connectivity index (χ0n) is 9.17. The Balaban J connectivity index is 2.63. The van der Waals surface area contributed by atoms with Gasteiger partial charge >= 0.3 is 0 Å². The number of hydrogen-bond acceptors (Lipinski definition) is 4. The van der Waals surface area contributed by atoms with E-state index in [1.807, 2.05) is 0 Å². The molecule has 1 rings (SSSR count). The van der Waals surface area contributed by atoms with Crippen molar-refractivity contribution < 1.29 is 9.00 Å². The predicted octanol–water partition coefficient (Wildman–Crippen LogP) is 2.50. The molecule has 3 N–H and O–H groups in total. The van der Waals surface area contributed by atoms with Gasteiger partial charge in [-0.15, -0.1) is 11.3 Å². The van der Waals surface area contributed by atoms with Crippen molar-refractivity contribution >= 4 is 85.4 Å². The molecule has 0 aromatic carbocycles. The third-order valence-electron chi connectivity index (χ3n) is 1.89. The first kappa shape index (κ1) is 17.0. The van der Waals surface area contributed by atoms with Crippen molar-refractivity contribution in [3.8, 4) is 0 Å². The number of halogens is 3. The third kappa shape index (κ3) is 4.78. The highest BCUT2D eigenvalue weighted by Gasteiger charge is 2.19. The molecule has 0 aliphatic carbocycles. The van der Waals surface area contributed by atoms with Gasteiger partial charge in [-0.1, -0.05) is 47.0 Å². The molecule has 19 heavy (non-hydrogen) atoms. The highest BCUT2D eigenvalue weighted by molar-refractivity contribution is 7.80. The third-order valence-corrected chi connectivity index (χ3v) is 5.11.